The number of amides is 1. The van der Waals surface area contributed by atoms with Gasteiger partial charge in [0.1, 0.15) is 19.0 Å². The minimum atomic E-state index is -0.437. The van der Waals surface area contributed by atoms with Crippen molar-refractivity contribution in [2.24, 2.45) is 0 Å². The summed E-state index contributed by atoms with van der Waals surface area (Å²) in [5.41, 5.74) is 1.34. The van der Waals surface area contributed by atoms with Crippen molar-refractivity contribution in [1.29, 1.82) is 0 Å². The van der Waals surface area contributed by atoms with Crippen LogP contribution in [0.4, 0.5) is 10.1 Å². The zero-order valence-corrected chi connectivity index (χ0v) is 15.8. The van der Waals surface area contributed by atoms with Crippen LogP contribution in [-0.4, -0.2) is 29.4 Å². The molecule has 0 radical (unpaired) electrons. The van der Waals surface area contributed by atoms with Crippen LogP contribution in [-0.2, 0) is 4.79 Å². The smallest absolute Gasteiger partial charge is 0.256 e. The topological polar surface area (TPSA) is 73.6 Å². The Hall–Kier alpha value is -3.00. The van der Waals surface area contributed by atoms with Gasteiger partial charge in [-0.05, 0) is 43.3 Å². The minimum Gasteiger partial charge on any atom is -0.486 e. The number of halogens is 1. The number of carbonyl (C=O) groups is 1. The summed E-state index contributed by atoms with van der Waals surface area (Å²) in [6.45, 7) is 2.76. The number of hydrogen-bond donors (Lipinski definition) is 1. The molecule has 6 nitrogen and oxygen atoms in total. The number of thioether (sulfide) groups is 1. The largest absolute Gasteiger partial charge is 0.486 e. The van der Waals surface area contributed by atoms with E-state index in [1.54, 1.807) is 43.5 Å². The molecule has 0 saturated carbocycles. The number of benzene rings is 2. The van der Waals surface area contributed by atoms with E-state index in [-0.39, 0.29) is 11.7 Å². The molecule has 2 aromatic carbocycles. The maximum atomic E-state index is 13.0. The number of nitrogens with one attached hydrogen (secondary N) is 1. The number of anilines is 1. The number of aromatic nitrogens is 1. The number of fused-ring (bicyclic) bond motifs is 1. The Morgan fingerprint density at radius 1 is 1.14 bits per heavy atom. The van der Waals surface area contributed by atoms with Gasteiger partial charge >= 0.3 is 0 Å². The molecule has 8 heteroatoms. The van der Waals surface area contributed by atoms with Gasteiger partial charge in [-0.25, -0.2) is 9.37 Å². The van der Waals surface area contributed by atoms with Gasteiger partial charge in [-0.15, -0.1) is 0 Å². The van der Waals surface area contributed by atoms with Gasteiger partial charge < -0.3 is 19.2 Å². The van der Waals surface area contributed by atoms with Gasteiger partial charge in [-0.2, -0.15) is 0 Å². The van der Waals surface area contributed by atoms with Crippen LogP contribution in [0.2, 0.25) is 0 Å². The fourth-order valence-electron chi connectivity index (χ4n) is 2.63. The molecule has 1 aliphatic rings. The summed E-state index contributed by atoms with van der Waals surface area (Å²) in [4.78, 5) is 16.7. The number of nitrogens with zero attached hydrogens (tertiary/aromatic N) is 1. The van der Waals surface area contributed by atoms with Crippen LogP contribution >= 0.6 is 11.8 Å². The first-order valence-electron chi connectivity index (χ1n) is 8.67. The fraction of sp³-hybridized carbons (Fsp3) is 0.200. The molecule has 0 aliphatic carbocycles. The summed E-state index contributed by atoms with van der Waals surface area (Å²) in [5, 5.41) is 2.78. The molecule has 1 aromatic heterocycles. The second-order valence-corrected chi connectivity index (χ2v) is 7.40. The Labute approximate surface area is 165 Å². The molecule has 144 valence electrons. The molecule has 1 N–H and O–H groups in total. The number of hydrogen-bond acceptors (Lipinski definition) is 6. The van der Waals surface area contributed by atoms with Crippen LogP contribution in [0.3, 0.4) is 0 Å². The highest BCUT2D eigenvalue weighted by Gasteiger charge is 2.19. The Balaban J connectivity index is 1.39. The first kappa shape index (κ1) is 18.4. The normalized spacial score (nSPS) is 13.8. The van der Waals surface area contributed by atoms with E-state index in [0.29, 0.717) is 46.9 Å². The van der Waals surface area contributed by atoms with Crippen molar-refractivity contribution >= 4 is 23.4 Å². The van der Waals surface area contributed by atoms with Gasteiger partial charge in [0.05, 0.1) is 11.4 Å². The Morgan fingerprint density at radius 3 is 2.68 bits per heavy atom. The summed E-state index contributed by atoms with van der Waals surface area (Å²) in [5.74, 6) is 1.29. The monoisotopic (exact) mass is 400 g/mol. The van der Waals surface area contributed by atoms with Crippen molar-refractivity contribution in [2.75, 3.05) is 18.5 Å². The van der Waals surface area contributed by atoms with E-state index in [1.165, 1.54) is 23.9 Å². The average molecular weight is 400 g/mol. The van der Waals surface area contributed by atoms with Crippen molar-refractivity contribution in [3.05, 3.63) is 54.5 Å². The van der Waals surface area contributed by atoms with Crippen LogP contribution in [0.25, 0.3) is 11.3 Å². The fourth-order valence-corrected chi connectivity index (χ4v) is 3.35. The second-order valence-electron chi connectivity index (χ2n) is 6.11. The predicted molar refractivity (Wildman–Crippen MR) is 103 cm³/mol. The van der Waals surface area contributed by atoms with E-state index in [1.807, 2.05) is 0 Å². The number of ether oxygens (including phenoxy) is 2. The maximum absolute atomic E-state index is 13.0. The SMILES string of the molecule is CC(Sc1ncc(-c2ccc(F)cc2)o1)C(=O)Nc1ccc2c(c1)OCCO2. The first-order chi connectivity index (χ1) is 13.6. The lowest BCUT2D eigenvalue weighted by Gasteiger charge is -2.19. The average Bonchev–Trinajstić information content (AvgIpc) is 3.17. The molecule has 0 fully saturated rings. The molecule has 1 aliphatic heterocycles. The zero-order valence-electron chi connectivity index (χ0n) is 15.0. The second kappa shape index (κ2) is 7.93. The van der Waals surface area contributed by atoms with Gasteiger partial charge in [-0.1, -0.05) is 11.8 Å². The maximum Gasteiger partial charge on any atom is 0.256 e. The van der Waals surface area contributed by atoms with E-state index in [2.05, 4.69) is 10.3 Å². The van der Waals surface area contributed by atoms with E-state index in [4.69, 9.17) is 13.9 Å². The van der Waals surface area contributed by atoms with Gasteiger partial charge in [0, 0.05) is 17.3 Å². The minimum absolute atomic E-state index is 0.191. The van der Waals surface area contributed by atoms with E-state index in [9.17, 15) is 9.18 Å². The summed E-state index contributed by atoms with van der Waals surface area (Å²) >= 11 is 1.20. The molecule has 1 amide bonds. The van der Waals surface area contributed by atoms with E-state index in [0.717, 1.165) is 0 Å². The molecule has 0 saturated heterocycles. The first-order valence-corrected chi connectivity index (χ1v) is 9.55. The molecular formula is C20H17FN2O4S. The van der Waals surface area contributed by atoms with Crippen LogP contribution in [0.15, 0.2) is 58.3 Å². The summed E-state index contributed by atoms with van der Waals surface area (Å²) in [6, 6.07) is 11.2. The third kappa shape index (κ3) is 4.12. The molecule has 3 aromatic rings. The van der Waals surface area contributed by atoms with Crippen LogP contribution < -0.4 is 14.8 Å². The predicted octanol–water partition coefficient (Wildman–Crippen LogP) is 4.37. The van der Waals surface area contributed by atoms with Crippen LogP contribution in [0, 0.1) is 5.82 Å². The van der Waals surface area contributed by atoms with Crippen LogP contribution in [0.1, 0.15) is 6.92 Å². The standard InChI is InChI=1S/C20H17FN2O4S/c1-12(19(24)23-15-6-7-16-17(10-15)26-9-8-25-16)28-20-22-11-18(27-20)13-2-4-14(21)5-3-13/h2-7,10-12H,8-9H2,1H3,(H,23,24). The highest BCUT2D eigenvalue weighted by Crippen LogP contribution is 2.33. The lowest BCUT2D eigenvalue weighted by Crippen LogP contribution is -2.22. The lowest BCUT2D eigenvalue weighted by atomic mass is 10.2. The lowest BCUT2D eigenvalue weighted by molar-refractivity contribution is -0.115. The third-order valence-electron chi connectivity index (χ3n) is 4.07. The highest BCUT2D eigenvalue weighted by atomic mass is 32.2. The highest BCUT2D eigenvalue weighted by molar-refractivity contribution is 8.00. The Bertz CT molecular complexity index is 990. The summed E-state index contributed by atoms with van der Waals surface area (Å²) in [6.07, 6.45) is 1.56. The number of carbonyl (C=O) groups excluding carboxylic acids is 1. The van der Waals surface area contributed by atoms with Gasteiger partial charge in [0.15, 0.2) is 17.3 Å². The summed E-state index contributed by atoms with van der Waals surface area (Å²) < 4.78 is 29.7. The van der Waals surface area contributed by atoms with E-state index >= 15 is 0 Å². The number of rotatable bonds is 5. The third-order valence-corrected chi connectivity index (χ3v) is 5.03. The molecule has 2 heterocycles. The van der Waals surface area contributed by atoms with Crippen molar-refractivity contribution in [3.8, 4) is 22.8 Å². The molecule has 0 bridgehead atoms. The van der Waals surface area contributed by atoms with Crippen molar-refractivity contribution in [3.63, 3.8) is 0 Å². The molecule has 4 rings (SSSR count). The Kier molecular flexibility index (Phi) is 5.21. The van der Waals surface area contributed by atoms with Gasteiger partial charge in [-0.3, -0.25) is 4.79 Å². The molecule has 1 atom stereocenters. The van der Waals surface area contributed by atoms with E-state index < -0.39 is 5.25 Å². The number of oxazole rings is 1. The van der Waals surface area contributed by atoms with Crippen molar-refractivity contribution in [1.82, 2.24) is 4.98 Å². The van der Waals surface area contributed by atoms with Gasteiger partial charge in [0.2, 0.25) is 5.91 Å². The molecule has 0 spiro atoms. The van der Waals surface area contributed by atoms with Crippen molar-refractivity contribution < 1.29 is 23.1 Å². The molecular weight excluding hydrogens is 383 g/mol. The Morgan fingerprint density at radius 2 is 1.89 bits per heavy atom. The zero-order chi connectivity index (χ0) is 19.5. The van der Waals surface area contributed by atoms with Crippen molar-refractivity contribution in [2.45, 2.75) is 17.4 Å². The molecule has 1 unspecified atom stereocenters. The molecule has 28 heavy (non-hydrogen) atoms. The summed E-state index contributed by atoms with van der Waals surface area (Å²) in [7, 11) is 0. The van der Waals surface area contributed by atoms with Gasteiger partial charge in [0.25, 0.3) is 5.22 Å². The van der Waals surface area contributed by atoms with Crippen LogP contribution in [0.5, 0.6) is 11.5 Å². The quantitative estimate of drug-likeness (QED) is 0.641.